The zero-order valence-electron chi connectivity index (χ0n) is 25.1. The highest BCUT2D eigenvalue weighted by molar-refractivity contribution is 5.39. The van der Waals surface area contributed by atoms with Gasteiger partial charge in [-0.25, -0.2) is 0 Å². The van der Waals surface area contributed by atoms with Crippen molar-refractivity contribution in [2.45, 2.75) is 128 Å². The molecule has 6 nitrogen and oxygen atoms in total. The largest absolute Gasteiger partial charge is 0.385 e. The Morgan fingerprint density at radius 2 is 1.73 bits per heavy atom. The molecular formula is C34H52O6. The van der Waals surface area contributed by atoms with E-state index in [0.717, 1.165) is 70.8 Å². The maximum atomic E-state index is 12.3. The minimum atomic E-state index is -0.820. The number of aliphatic hydroxyl groups is 2. The summed E-state index contributed by atoms with van der Waals surface area (Å²) < 4.78 is 24.5. The molecule has 1 spiro atoms. The first-order valence-corrected chi connectivity index (χ1v) is 16.4. The summed E-state index contributed by atoms with van der Waals surface area (Å²) >= 11 is 0. The predicted octanol–water partition coefficient (Wildman–Crippen LogP) is 6.05. The molecule has 7 atom stereocenters. The molecule has 7 rings (SSSR count). The van der Waals surface area contributed by atoms with Gasteiger partial charge >= 0.3 is 0 Å². The average Bonchev–Trinajstić information content (AvgIpc) is 3.74. The third-order valence-electron chi connectivity index (χ3n) is 12.2. The van der Waals surface area contributed by atoms with Crippen molar-refractivity contribution in [1.29, 1.82) is 0 Å². The van der Waals surface area contributed by atoms with Gasteiger partial charge in [-0.1, -0.05) is 38.5 Å². The number of hydrogen-bond donors (Lipinski definition) is 2. The highest BCUT2D eigenvalue weighted by Gasteiger charge is 2.65. The molecule has 1 unspecified atom stereocenters. The number of ether oxygens (including phenoxy) is 4. The fourth-order valence-electron chi connectivity index (χ4n) is 9.80. The van der Waals surface area contributed by atoms with Crippen molar-refractivity contribution in [3.05, 3.63) is 23.3 Å². The first kappa shape index (κ1) is 28.0. The van der Waals surface area contributed by atoms with E-state index in [2.05, 4.69) is 32.9 Å². The third kappa shape index (κ3) is 4.68. The molecule has 0 aromatic heterocycles. The molecule has 2 aliphatic heterocycles. The third-order valence-corrected chi connectivity index (χ3v) is 12.2. The Bertz CT molecular complexity index is 1030. The van der Waals surface area contributed by atoms with Gasteiger partial charge in [-0.05, 0) is 99.9 Å². The Morgan fingerprint density at radius 3 is 2.45 bits per heavy atom. The molecule has 0 bridgehead atoms. The van der Waals surface area contributed by atoms with Gasteiger partial charge in [-0.3, -0.25) is 0 Å². The van der Waals surface area contributed by atoms with Crippen LogP contribution in [0.5, 0.6) is 0 Å². The Morgan fingerprint density at radius 1 is 0.925 bits per heavy atom. The number of rotatable bonds is 5. The van der Waals surface area contributed by atoms with E-state index in [9.17, 15) is 10.2 Å². The van der Waals surface area contributed by atoms with Crippen LogP contribution >= 0.6 is 0 Å². The zero-order chi connectivity index (χ0) is 27.8. The summed E-state index contributed by atoms with van der Waals surface area (Å²) in [6, 6.07) is 0. The van der Waals surface area contributed by atoms with E-state index in [4.69, 9.17) is 18.9 Å². The van der Waals surface area contributed by atoms with Gasteiger partial charge in [-0.15, -0.1) is 0 Å². The van der Waals surface area contributed by atoms with Crippen molar-refractivity contribution in [2.75, 3.05) is 26.4 Å². The molecule has 0 amide bonds. The van der Waals surface area contributed by atoms with Crippen LogP contribution in [0.3, 0.4) is 0 Å². The number of allylic oxidation sites excluding steroid dienone is 1. The summed E-state index contributed by atoms with van der Waals surface area (Å²) in [4.78, 5) is 0. The Hall–Kier alpha value is -0.760. The van der Waals surface area contributed by atoms with Crippen LogP contribution in [-0.4, -0.2) is 59.9 Å². The highest BCUT2D eigenvalue weighted by Crippen LogP contribution is 2.69. The topological polar surface area (TPSA) is 77.4 Å². The number of fused-ring (bicyclic) bond motifs is 4. The Kier molecular flexibility index (Phi) is 6.93. The number of hydrogen-bond acceptors (Lipinski definition) is 6. The molecule has 0 radical (unpaired) electrons. The summed E-state index contributed by atoms with van der Waals surface area (Å²) in [6.45, 7) is 9.40. The van der Waals surface area contributed by atoms with Crippen molar-refractivity contribution >= 4 is 0 Å². The molecule has 2 N–H and O–H groups in total. The van der Waals surface area contributed by atoms with Crippen LogP contribution in [0.2, 0.25) is 0 Å². The van der Waals surface area contributed by atoms with Crippen molar-refractivity contribution in [2.24, 2.45) is 34.5 Å². The molecule has 5 aliphatic carbocycles. The van der Waals surface area contributed by atoms with Crippen LogP contribution in [0.25, 0.3) is 0 Å². The van der Waals surface area contributed by atoms with E-state index in [1.54, 1.807) is 5.57 Å². The predicted molar refractivity (Wildman–Crippen MR) is 152 cm³/mol. The second-order valence-corrected chi connectivity index (χ2v) is 15.6. The van der Waals surface area contributed by atoms with Gasteiger partial charge in [0.25, 0.3) is 0 Å². The molecule has 2 heterocycles. The van der Waals surface area contributed by atoms with Crippen molar-refractivity contribution in [3.8, 4) is 0 Å². The molecule has 6 fully saturated rings. The molecule has 2 saturated heterocycles. The molecule has 0 aromatic rings. The van der Waals surface area contributed by atoms with Gasteiger partial charge in [0.2, 0.25) is 0 Å². The maximum absolute atomic E-state index is 12.3. The van der Waals surface area contributed by atoms with E-state index >= 15 is 0 Å². The van der Waals surface area contributed by atoms with E-state index in [-0.39, 0.29) is 17.1 Å². The van der Waals surface area contributed by atoms with E-state index in [1.165, 1.54) is 18.4 Å². The second kappa shape index (κ2) is 9.89. The van der Waals surface area contributed by atoms with Gasteiger partial charge in [0.15, 0.2) is 12.1 Å². The van der Waals surface area contributed by atoms with Gasteiger partial charge < -0.3 is 29.2 Å². The minimum absolute atomic E-state index is 0.0264. The smallest absolute Gasteiger partial charge is 0.171 e. The monoisotopic (exact) mass is 556 g/mol. The first-order chi connectivity index (χ1) is 19.1. The zero-order valence-corrected chi connectivity index (χ0v) is 25.1. The fraction of sp³-hybridized carbons (Fsp3) is 0.882. The molecule has 6 heteroatoms. The molecule has 7 aliphatic rings. The van der Waals surface area contributed by atoms with Crippen LogP contribution in [0.15, 0.2) is 23.3 Å². The SMILES string of the molecule is CC1(C)COC2(CCC3=C4[C@@H](CC[C@@]3(O)C2)[C@@H]2CC[C@@](O)(/C=C\COC3CCCCO3)[C@@]2(C)C[C@@H]4C2CC2)OC1. The van der Waals surface area contributed by atoms with Crippen molar-refractivity contribution < 1.29 is 29.2 Å². The minimum Gasteiger partial charge on any atom is -0.385 e. The highest BCUT2D eigenvalue weighted by atomic mass is 16.7. The van der Waals surface area contributed by atoms with Gasteiger partial charge in [0.05, 0.1) is 31.0 Å². The fourth-order valence-corrected chi connectivity index (χ4v) is 9.80. The first-order valence-electron chi connectivity index (χ1n) is 16.4. The molecule has 0 aromatic carbocycles. The summed E-state index contributed by atoms with van der Waals surface area (Å²) in [5, 5.41) is 24.5. The Balaban J connectivity index is 1.13. The summed E-state index contributed by atoms with van der Waals surface area (Å²) in [5.74, 6) is 1.45. The Labute approximate surface area is 240 Å². The lowest BCUT2D eigenvalue weighted by Gasteiger charge is -2.58. The second-order valence-electron chi connectivity index (χ2n) is 15.6. The lowest BCUT2D eigenvalue weighted by atomic mass is 9.49. The van der Waals surface area contributed by atoms with Crippen LogP contribution < -0.4 is 0 Å². The van der Waals surface area contributed by atoms with Gasteiger partial charge in [-0.2, -0.15) is 0 Å². The lowest BCUT2D eigenvalue weighted by molar-refractivity contribution is -0.322. The molecule has 224 valence electrons. The van der Waals surface area contributed by atoms with Crippen LogP contribution in [0.1, 0.15) is 104 Å². The van der Waals surface area contributed by atoms with Gasteiger partial charge in [0.1, 0.15) is 0 Å². The quantitative estimate of drug-likeness (QED) is 0.401. The normalized spacial score (nSPS) is 46.3. The molecule has 40 heavy (non-hydrogen) atoms. The summed E-state index contributed by atoms with van der Waals surface area (Å²) in [7, 11) is 0. The standard InChI is InChI=1S/C34H52O6/c1-30(2)21-39-34(40-22-30)16-12-27-29-24(10-14-32(27,35)20-34)26-11-15-33(36,31(26,3)19-25(29)23-8-9-23)13-6-18-38-28-7-4-5-17-37-28/h6,13,23-26,28,35-36H,4-5,7-12,14-22H2,1-3H3/b13-6-/t24-,25+,26-,28?,31-,32+,33-/m0/s1. The maximum Gasteiger partial charge on any atom is 0.171 e. The lowest BCUT2D eigenvalue weighted by Crippen LogP contribution is -2.58. The van der Waals surface area contributed by atoms with Gasteiger partial charge in [0, 0.05) is 30.3 Å². The van der Waals surface area contributed by atoms with Crippen LogP contribution in [-0.2, 0) is 18.9 Å². The molecular weight excluding hydrogens is 504 g/mol. The van der Waals surface area contributed by atoms with Crippen LogP contribution in [0.4, 0.5) is 0 Å². The summed E-state index contributed by atoms with van der Waals surface area (Å²) in [5.41, 5.74) is 1.17. The van der Waals surface area contributed by atoms with Crippen LogP contribution in [0, 0.1) is 34.5 Å². The van der Waals surface area contributed by atoms with E-state index in [1.807, 2.05) is 0 Å². The average molecular weight is 557 g/mol. The molecule has 4 saturated carbocycles. The van der Waals surface area contributed by atoms with Crippen molar-refractivity contribution in [1.82, 2.24) is 0 Å². The van der Waals surface area contributed by atoms with E-state index < -0.39 is 17.0 Å². The van der Waals surface area contributed by atoms with E-state index in [0.29, 0.717) is 49.9 Å². The summed E-state index contributed by atoms with van der Waals surface area (Å²) in [6.07, 6.45) is 16.8. The van der Waals surface area contributed by atoms with Crippen molar-refractivity contribution in [3.63, 3.8) is 0 Å².